The van der Waals surface area contributed by atoms with Gasteiger partial charge in [0.15, 0.2) is 0 Å². The summed E-state index contributed by atoms with van der Waals surface area (Å²) in [6, 6.07) is 12.2. The van der Waals surface area contributed by atoms with E-state index < -0.39 is 47.3 Å². The van der Waals surface area contributed by atoms with Gasteiger partial charge in [-0.1, -0.05) is 30.3 Å². The average Bonchev–Trinajstić information content (AvgIpc) is 2.88. The van der Waals surface area contributed by atoms with Crippen molar-refractivity contribution in [2.75, 3.05) is 10.6 Å². The fourth-order valence-electron chi connectivity index (χ4n) is 4.07. The van der Waals surface area contributed by atoms with E-state index in [-0.39, 0.29) is 33.6 Å². The van der Waals surface area contributed by atoms with Gasteiger partial charge in [0.25, 0.3) is 11.8 Å². The van der Waals surface area contributed by atoms with Crippen LogP contribution in [-0.4, -0.2) is 35.2 Å². The van der Waals surface area contributed by atoms with Crippen LogP contribution in [0.15, 0.2) is 60.7 Å². The molecule has 1 unspecified atom stereocenters. The van der Waals surface area contributed by atoms with E-state index in [1.165, 1.54) is 49.4 Å². The third kappa shape index (κ3) is 6.34. The quantitative estimate of drug-likeness (QED) is 0.254. The van der Waals surface area contributed by atoms with Crippen molar-refractivity contribution in [3.8, 4) is 0 Å². The second-order valence-corrected chi connectivity index (χ2v) is 9.31. The minimum atomic E-state index is -6.28. The third-order valence-corrected chi connectivity index (χ3v) is 6.35. The molecule has 3 rings (SSSR count). The lowest BCUT2D eigenvalue weighted by molar-refractivity contribution is -0.348. The van der Waals surface area contributed by atoms with Gasteiger partial charge in [0, 0.05) is 28.1 Å². The molecule has 0 aliphatic rings. The van der Waals surface area contributed by atoms with Gasteiger partial charge in [-0.2, -0.15) is 26.3 Å². The first-order chi connectivity index (χ1) is 18.9. The first kappa shape index (κ1) is 31.1. The number of alkyl halides is 7. The highest BCUT2D eigenvalue weighted by molar-refractivity contribution is 6.08. The number of rotatable bonds is 7. The van der Waals surface area contributed by atoms with Crippen molar-refractivity contribution >= 4 is 29.2 Å². The summed E-state index contributed by atoms with van der Waals surface area (Å²) in [4.78, 5) is 36.9. The predicted molar refractivity (Wildman–Crippen MR) is 136 cm³/mol. The van der Waals surface area contributed by atoms with Crippen molar-refractivity contribution in [2.24, 2.45) is 0 Å². The number of nitrogens with one attached hydrogen (secondary N) is 2. The highest BCUT2D eigenvalue weighted by Crippen LogP contribution is 2.53. The van der Waals surface area contributed by atoms with Gasteiger partial charge in [-0.05, 0) is 67.8 Å². The van der Waals surface area contributed by atoms with Crippen LogP contribution in [0, 0.1) is 13.8 Å². The van der Waals surface area contributed by atoms with E-state index in [9.17, 15) is 50.2 Å². The molecule has 0 saturated carbocycles. The molecule has 13 heteroatoms. The fraction of sp³-hybridized carbons (Fsp3) is 0.250. The minimum Gasteiger partial charge on any atom is -0.481 e. The van der Waals surface area contributed by atoms with Crippen LogP contribution < -0.4 is 10.6 Å². The standard InChI is InChI=1S/C28H23F7N2O4/c1-14-10-20(26(29,27(30,31)32)28(33,34)35)11-15(2)22(14)37-24(39)19-8-5-9-21(13-19)36-23(38)18-7-4-6-17(12-18)16(3)25(40)41/h4-13,16H,1-3H3,(H,36,38)(H,37,39)(H,40,41). The maximum Gasteiger partial charge on any atom is 0.435 e. The third-order valence-electron chi connectivity index (χ3n) is 6.35. The number of aliphatic carboxylic acids is 1. The number of hydrogen-bond donors (Lipinski definition) is 3. The summed E-state index contributed by atoms with van der Waals surface area (Å²) in [5.74, 6) is -3.35. The average molecular weight is 584 g/mol. The Bertz CT molecular complexity index is 1460. The normalized spacial score (nSPS) is 12.9. The van der Waals surface area contributed by atoms with Gasteiger partial charge in [0.2, 0.25) is 0 Å². The van der Waals surface area contributed by atoms with Gasteiger partial charge in [-0.3, -0.25) is 14.4 Å². The topological polar surface area (TPSA) is 95.5 Å². The van der Waals surface area contributed by atoms with Gasteiger partial charge in [0.05, 0.1) is 5.92 Å². The number of amides is 2. The van der Waals surface area contributed by atoms with Crippen molar-refractivity contribution in [3.63, 3.8) is 0 Å². The van der Waals surface area contributed by atoms with E-state index >= 15 is 0 Å². The molecule has 1 atom stereocenters. The van der Waals surface area contributed by atoms with Crippen molar-refractivity contribution in [1.82, 2.24) is 0 Å². The zero-order chi connectivity index (χ0) is 30.9. The summed E-state index contributed by atoms with van der Waals surface area (Å²) in [5.41, 5.74) is -7.21. The molecule has 6 nitrogen and oxygen atoms in total. The molecule has 3 aromatic rings. The van der Waals surface area contributed by atoms with Gasteiger partial charge in [-0.15, -0.1) is 0 Å². The summed E-state index contributed by atoms with van der Waals surface area (Å²) in [6.07, 6.45) is -12.6. The van der Waals surface area contributed by atoms with Gasteiger partial charge >= 0.3 is 24.0 Å². The van der Waals surface area contributed by atoms with Gasteiger partial charge < -0.3 is 15.7 Å². The summed E-state index contributed by atoms with van der Waals surface area (Å²) < 4.78 is 93.6. The number of halogens is 7. The zero-order valence-electron chi connectivity index (χ0n) is 21.7. The molecule has 0 bridgehead atoms. The molecule has 41 heavy (non-hydrogen) atoms. The van der Waals surface area contributed by atoms with Crippen LogP contribution in [0.4, 0.5) is 42.1 Å². The lowest BCUT2D eigenvalue weighted by atomic mass is 9.90. The van der Waals surface area contributed by atoms with E-state index in [4.69, 9.17) is 0 Å². The first-order valence-corrected chi connectivity index (χ1v) is 11.9. The molecule has 0 fully saturated rings. The molecule has 0 spiro atoms. The summed E-state index contributed by atoms with van der Waals surface area (Å²) in [7, 11) is 0. The maximum absolute atomic E-state index is 14.5. The van der Waals surface area contributed by atoms with Gasteiger partial charge in [-0.25, -0.2) is 4.39 Å². The molecule has 218 valence electrons. The molecule has 2 amide bonds. The molecular weight excluding hydrogens is 561 g/mol. The Kier molecular flexibility index (Phi) is 8.51. The minimum absolute atomic E-state index is 0.0238. The molecule has 3 aromatic carbocycles. The van der Waals surface area contributed by atoms with E-state index in [0.29, 0.717) is 17.7 Å². The summed E-state index contributed by atoms with van der Waals surface area (Å²) >= 11 is 0. The lowest BCUT2D eigenvalue weighted by Gasteiger charge is -2.31. The number of aryl methyl sites for hydroxylation is 2. The van der Waals surface area contributed by atoms with Crippen molar-refractivity contribution in [3.05, 3.63) is 94.0 Å². The highest BCUT2D eigenvalue weighted by Gasteiger charge is 2.73. The molecule has 0 aliphatic carbocycles. The van der Waals surface area contributed by atoms with Crippen molar-refractivity contribution in [2.45, 2.75) is 44.7 Å². The molecule has 0 aliphatic heterocycles. The number of anilines is 2. The van der Waals surface area contributed by atoms with Crippen LogP contribution in [0.25, 0.3) is 0 Å². The Morgan fingerprint density at radius 3 is 1.73 bits per heavy atom. The van der Waals surface area contributed by atoms with Crippen LogP contribution in [0.5, 0.6) is 0 Å². The first-order valence-electron chi connectivity index (χ1n) is 11.9. The number of carboxylic acids is 1. The Hall–Kier alpha value is -4.42. The number of carboxylic acid groups (broad SMARTS) is 1. The zero-order valence-corrected chi connectivity index (χ0v) is 21.7. The Morgan fingerprint density at radius 2 is 1.22 bits per heavy atom. The van der Waals surface area contributed by atoms with Crippen LogP contribution in [0.3, 0.4) is 0 Å². The molecule has 0 heterocycles. The van der Waals surface area contributed by atoms with Gasteiger partial charge in [0.1, 0.15) is 0 Å². The highest BCUT2D eigenvalue weighted by atomic mass is 19.4. The Balaban J connectivity index is 1.84. The number of carbonyl (C=O) groups excluding carboxylic acids is 2. The number of hydrogen-bond acceptors (Lipinski definition) is 3. The second kappa shape index (κ2) is 11.2. The molecule has 0 saturated heterocycles. The molecular formula is C28H23F7N2O4. The van der Waals surface area contributed by atoms with E-state index in [2.05, 4.69) is 10.6 Å². The fourth-order valence-corrected chi connectivity index (χ4v) is 4.07. The molecule has 0 aromatic heterocycles. The van der Waals surface area contributed by atoms with Crippen LogP contribution in [0.1, 0.15) is 55.8 Å². The largest absolute Gasteiger partial charge is 0.481 e. The van der Waals surface area contributed by atoms with Crippen LogP contribution >= 0.6 is 0 Å². The maximum atomic E-state index is 14.5. The van der Waals surface area contributed by atoms with E-state index in [1.54, 1.807) is 6.07 Å². The monoisotopic (exact) mass is 584 g/mol. The van der Waals surface area contributed by atoms with Crippen LogP contribution in [-0.2, 0) is 10.5 Å². The van der Waals surface area contributed by atoms with E-state index in [0.717, 1.165) is 13.8 Å². The smallest absolute Gasteiger partial charge is 0.435 e. The number of benzene rings is 3. The lowest BCUT2D eigenvalue weighted by Crippen LogP contribution is -2.50. The second-order valence-electron chi connectivity index (χ2n) is 9.31. The van der Waals surface area contributed by atoms with Crippen molar-refractivity contribution in [1.29, 1.82) is 0 Å². The summed E-state index contributed by atoms with van der Waals surface area (Å²) in [5, 5.41) is 14.2. The SMILES string of the molecule is Cc1cc(C(F)(C(F)(F)F)C(F)(F)F)cc(C)c1NC(=O)c1cccc(NC(=O)c2cccc(C(C)C(=O)O)c2)c1. The van der Waals surface area contributed by atoms with E-state index in [1.807, 2.05) is 0 Å². The van der Waals surface area contributed by atoms with Crippen molar-refractivity contribution < 1.29 is 50.2 Å². The molecule has 3 N–H and O–H groups in total. The van der Waals surface area contributed by atoms with Crippen LogP contribution in [0.2, 0.25) is 0 Å². The predicted octanol–water partition coefficient (Wildman–Crippen LogP) is 7.29. The summed E-state index contributed by atoms with van der Waals surface area (Å²) in [6.45, 7) is 3.70. The Morgan fingerprint density at radius 1 is 0.732 bits per heavy atom. The molecule has 0 radical (unpaired) electrons. The Labute approximate surface area is 229 Å². The number of carbonyl (C=O) groups is 3.